The quantitative estimate of drug-likeness (QED) is 0.691. The molecule has 0 radical (unpaired) electrons. The molecule has 0 aliphatic carbocycles. The summed E-state index contributed by atoms with van der Waals surface area (Å²) in [7, 11) is -1.87. The van der Waals surface area contributed by atoms with Crippen LogP contribution in [-0.4, -0.2) is 17.2 Å². The molecule has 2 rings (SSSR count). The normalized spacial score (nSPS) is 10.9. The standard InChI is InChI=1S/C8H5BF2O2S/c10-6-3-7-4(2-8(11)14-7)1-5(6)9(12)13/h1-3,12-13H. The Labute approximate surface area is 82.6 Å². The zero-order valence-corrected chi connectivity index (χ0v) is 7.68. The monoisotopic (exact) mass is 214 g/mol. The van der Waals surface area contributed by atoms with Gasteiger partial charge in [0, 0.05) is 10.2 Å². The molecule has 0 saturated carbocycles. The Hall–Kier alpha value is -0.975. The van der Waals surface area contributed by atoms with Gasteiger partial charge in [-0.3, -0.25) is 0 Å². The number of halogens is 2. The van der Waals surface area contributed by atoms with Gasteiger partial charge in [-0.05, 0) is 17.5 Å². The zero-order valence-electron chi connectivity index (χ0n) is 6.87. The Morgan fingerprint density at radius 3 is 2.50 bits per heavy atom. The third-order valence-corrected chi connectivity index (χ3v) is 2.77. The zero-order chi connectivity index (χ0) is 10.3. The van der Waals surface area contributed by atoms with Crippen LogP contribution in [-0.2, 0) is 0 Å². The third kappa shape index (κ3) is 1.52. The molecule has 1 aromatic heterocycles. The predicted octanol–water partition coefficient (Wildman–Crippen LogP) is 0.859. The molecule has 2 nitrogen and oxygen atoms in total. The maximum absolute atomic E-state index is 13.1. The van der Waals surface area contributed by atoms with Gasteiger partial charge in [0.05, 0.1) is 0 Å². The van der Waals surface area contributed by atoms with Crippen LogP contribution in [0, 0.1) is 10.9 Å². The van der Waals surface area contributed by atoms with Crippen molar-refractivity contribution in [2.24, 2.45) is 0 Å². The van der Waals surface area contributed by atoms with Gasteiger partial charge in [0.1, 0.15) is 5.82 Å². The number of fused-ring (bicyclic) bond motifs is 1. The second-order valence-corrected chi connectivity index (χ2v) is 3.87. The summed E-state index contributed by atoms with van der Waals surface area (Å²) in [5.74, 6) is -0.741. The number of benzene rings is 1. The van der Waals surface area contributed by atoms with E-state index >= 15 is 0 Å². The van der Waals surface area contributed by atoms with Crippen LogP contribution in [0.15, 0.2) is 18.2 Å². The van der Waals surface area contributed by atoms with Crippen molar-refractivity contribution < 1.29 is 18.8 Å². The highest BCUT2D eigenvalue weighted by molar-refractivity contribution is 7.17. The van der Waals surface area contributed by atoms with Gasteiger partial charge in [0.15, 0.2) is 5.13 Å². The van der Waals surface area contributed by atoms with Crippen molar-refractivity contribution in [1.82, 2.24) is 0 Å². The minimum atomic E-state index is -1.87. The summed E-state index contributed by atoms with van der Waals surface area (Å²) in [5.41, 5.74) is -0.240. The van der Waals surface area contributed by atoms with E-state index in [1.807, 2.05) is 0 Å². The van der Waals surface area contributed by atoms with Crippen molar-refractivity contribution in [3.63, 3.8) is 0 Å². The first-order valence-corrected chi connectivity index (χ1v) is 4.64. The first-order chi connectivity index (χ1) is 6.58. The molecule has 1 heterocycles. The highest BCUT2D eigenvalue weighted by Crippen LogP contribution is 2.24. The molecule has 72 valence electrons. The average Bonchev–Trinajstić information content (AvgIpc) is 2.42. The lowest BCUT2D eigenvalue weighted by atomic mass is 9.79. The predicted molar refractivity (Wildman–Crippen MR) is 51.6 cm³/mol. The lowest BCUT2D eigenvalue weighted by Gasteiger charge is -2.00. The molecular weight excluding hydrogens is 209 g/mol. The summed E-state index contributed by atoms with van der Waals surface area (Å²) in [6.45, 7) is 0. The lowest BCUT2D eigenvalue weighted by Crippen LogP contribution is -2.32. The van der Waals surface area contributed by atoms with Crippen LogP contribution in [0.3, 0.4) is 0 Å². The first-order valence-electron chi connectivity index (χ1n) is 3.82. The molecule has 0 saturated heterocycles. The van der Waals surface area contributed by atoms with Crippen LogP contribution in [0.25, 0.3) is 10.1 Å². The van der Waals surface area contributed by atoms with Crippen molar-refractivity contribution in [3.8, 4) is 0 Å². The second-order valence-electron chi connectivity index (χ2n) is 2.84. The van der Waals surface area contributed by atoms with Gasteiger partial charge in [-0.25, -0.2) is 4.39 Å². The molecular formula is C8H5BF2O2S. The highest BCUT2D eigenvalue weighted by atomic mass is 32.1. The molecule has 1 aromatic carbocycles. The van der Waals surface area contributed by atoms with E-state index < -0.39 is 18.1 Å². The average molecular weight is 214 g/mol. The molecule has 0 aliphatic rings. The number of rotatable bonds is 1. The van der Waals surface area contributed by atoms with Gasteiger partial charge in [-0.1, -0.05) is 6.07 Å². The Bertz CT molecular complexity index is 483. The Balaban J connectivity index is 2.70. The van der Waals surface area contributed by atoms with E-state index in [-0.39, 0.29) is 5.46 Å². The van der Waals surface area contributed by atoms with Crippen molar-refractivity contribution in [2.45, 2.75) is 0 Å². The van der Waals surface area contributed by atoms with Gasteiger partial charge < -0.3 is 10.0 Å². The lowest BCUT2D eigenvalue weighted by molar-refractivity contribution is 0.423. The van der Waals surface area contributed by atoms with Crippen molar-refractivity contribution >= 4 is 34.0 Å². The molecule has 6 heteroatoms. The highest BCUT2D eigenvalue weighted by Gasteiger charge is 2.18. The van der Waals surface area contributed by atoms with E-state index in [9.17, 15) is 8.78 Å². The minimum absolute atomic E-state index is 0.240. The Morgan fingerprint density at radius 2 is 1.86 bits per heavy atom. The van der Waals surface area contributed by atoms with E-state index in [2.05, 4.69) is 0 Å². The fourth-order valence-electron chi connectivity index (χ4n) is 1.25. The van der Waals surface area contributed by atoms with Crippen LogP contribution in [0.2, 0.25) is 0 Å². The largest absolute Gasteiger partial charge is 0.491 e. The van der Waals surface area contributed by atoms with Crippen LogP contribution in [0.1, 0.15) is 0 Å². The molecule has 0 aliphatic heterocycles. The van der Waals surface area contributed by atoms with E-state index in [4.69, 9.17) is 10.0 Å². The molecule has 0 amide bonds. The van der Waals surface area contributed by atoms with E-state index in [0.29, 0.717) is 10.1 Å². The summed E-state index contributed by atoms with van der Waals surface area (Å²) in [5, 5.41) is 17.6. The molecule has 0 fully saturated rings. The SMILES string of the molecule is OB(O)c1cc2cc(F)sc2cc1F. The van der Waals surface area contributed by atoms with Crippen LogP contribution in [0.5, 0.6) is 0 Å². The van der Waals surface area contributed by atoms with Gasteiger partial charge in [0.2, 0.25) is 0 Å². The molecule has 0 spiro atoms. The fourth-order valence-corrected chi connectivity index (χ4v) is 2.04. The second kappa shape index (κ2) is 3.31. The van der Waals surface area contributed by atoms with Crippen LogP contribution >= 0.6 is 11.3 Å². The Morgan fingerprint density at radius 1 is 1.14 bits per heavy atom. The van der Waals surface area contributed by atoms with Gasteiger partial charge >= 0.3 is 7.12 Å². The minimum Gasteiger partial charge on any atom is -0.423 e. The molecule has 2 aromatic rings. The number of thiophene rings is 1. The van der Waals surface area contributed by atoms with Crippen molar-refractivity contribution in [1.29, 1.82) is 0 Å². The van der Waals surface area contributed by atoms with Crippen LogP contribution < -0.4 is 5.46 Å². The summed E-state index contributed by atoms with van der Waals surface area (Å²) >= 11 is 0.817. The van der Waals surface area contributed by atoms with Gasteiger partial charge in [-0.15, -0.1) is 11.3 Å². The maximum Gasteiger partial charge on any atom is 0.491 e. The van der Waals surface area contributed by atoms with Gasteiger partial charge in [0.25, 0.3) is 0 Å². The molecule has 0 bridgehead atoms. The van der Waals surface area contributed by atoms with Gasteiger partial charge in [-0.2, -0.15) is 4.39 Å². The Kier molecular flexibility index (Phi) is 2.26. The summed E-state index contributed by atoms with van der Waals surface area (Å²) < 4.78 is 26.3. The van der Waals surface area contributed by atoms with Crippen molar-refractivity contribution in [3.05, 3.63) is 29.1 Å². The maximum atomic E-state index is 13.1. The first kappa shape index (κ1) is 9.58. The molecule has 0 atom stereocenters. The van der Waals surface area contributed by atoms with Crippen molar-refractivity contribution in [2.75, 3.05) is 0 Å². The number of hydrogen-bond donors (Lipinski definition) is 2. The van der Waals surface area contributed by atoms with E-state index in [0.717, 1.165) is 17.4 Å². The molecule has 0 unspecified atom stereocenters. The smallest absolute Gasteiger partial charge is 0.423 e. The number of hydrogen-bond acceptors (Lipinski definition) is 3. The summed E-state index contributed by atoms with van der Waals surface area (Å²) in [4.78, 5) is 0. The topological polar surface area (TPSA) is 40.5 Å². The van der Waals surface area contributed by atoms with Crippen LogP contribution in [0.4, 0.5) is 8.78 Å². The third-order valence-electron chi connectivity index (χ3n) is 1.88. The summed E-state index contributed by atoms with van der Waals surface area (Å²) in [6.07, 6.45) is 0. The summed E-state index contributed by atoms with van der Waals surface area (Å²) in [6, 6.07) is 3.55. The van der Waals surface area contributed by atoms with E-state index in [1.165, 1.54) is 12.1 Å². The fraction of sp³-hybridized carbons (Fsp3) is 0. The van der Waals surface area contributed by atoms with E-state index in [1.54, 1.807) is 0 Å². The molecule has 14 heavy (non-hydrogen) atoms. The molecule has 2 N–H and O–H groups in total.